The molecule has 0 spiro atoms. The Labute approximate surface area is 81.5 Å². The fourth-order valence-corrected chi connectivity index (χ4v) is 1.31. The molecule has 2 radical (unpaired) electrons. The van der Waals surface area contributed by atoms with E-state index in [2.05, 4.69) is 0 Å². The maximum atomic E-state index is 13.1. The highest BCUT2D eigenvalue weighted by atomic mass is 19.1. The monoisotopic (exact) mass is 206 g/mol. The van der Waals surface area contributed by atoms with E-state index in [4.69, 9.17) is 22.8 Å². The SMILES string of the molecule is [B][C@@H]1O[C@H](CO)[C@@H](O)[C@H](O)[C@@H](O)C1F. The van der Waals surface area contributed by atoms with Crippen molar-refractivity contribution >= 4 is 7.85 Å². The van der Waals surface area contributed by atoms with Gasteiger partial charge in [0.05, 0.1) is 12.6 Å². The third-order valence-electron chi connectivity index (χ3n) is 2.23. The Bertz CT molecular complexity index is 190. The lowest BCUT2D eigenvalue weighted by atomic mass is 9.90. The second kappa shape index (κ2) is 4.54. The van der Waals surface area contributed by atoms with Gasteiger partial charge in [0.1, 0.15) is 38.4 Å². The van der Waals surface area contributed by atoms with Crippen LogP contribution in [-0.2, 0) is 4.74 Å². The van der Waals surface area contributed by atoms with Crippen molar-refractivity contribution in [3.8, 4) is 0 Å². The van der Waals surface area contributed by atoms with Crippen LogP contribution in [0.5, 0.6) is 0 Å². The van der Waals surface area contributed by atoms with Crippen molar-refractivity contribution in [3.05, 3.63) is 0 Å². The molecule has 1 rings (SSSR count). The third-order valence-corrected chi connectivity index (χ3v) is 2.23. The third kappa shape index (κ3) is 2.07. The molecule has 1 aliphatic heterocycles. The molecule has 4 N–H and O–H groups in total. The molecule has 1 fully saturated rings. The molecule has 7 heteroatoms. The Balaban J connectivity index is 2.81. The number of hydrogen-bond donors (Lipinski definition) is 4. The smallest absolute Gasteiger partial charge is 0.146 e. The minimum absolute atomic E-state index is 0.620. The summed E-state index contributed by atoms with van der Waals surface area (Å²) in [6, 6.07) is -1.48. The predicted octanol–water partition coefficient (Wildman–Crippen LogP) is -2.71. The van der Waals surface area contributed by atoms with Crippen LogP contribution >= 0.6 is 0 Å². The summed E-state index contributed by atoms with van der Waals surface area (Å²) < 4.78 is 17.8. The summed E-state index contributed by atoms with van der Waals surface area (Å²) >= 11 is 0. The van der Waals surface area contributed by atoms with Crippen LogP contribution in [0.1, 0.15) is 0 Å². The lowest BCUT2D eigenvalue weighted by Crippen LogP contribution is -2.46. The standard InChI is InChI=1S/C7H12BFO5/c8-7-3(9)5(12)6(13)4(11)2(1-10)14-7/h2-7,10-13H,1H2/t2-,3?,4-,5+,6+,7-/m1/s1. The number of ether oxygens (including phenoxy) is 1. The Kier molecular flexibility index (Phi) is 3.85. The van der Waals surface area contributed by atoms with E-state index in [-0.39, 0.29) is 0 Å². The van der Waals surface area contributed by atoms with Gasteiger partial charge in [0.2, 0.25) is 0 Å². The van der Waals surface area contributed by atoms with Crippen molar-refractivity contribution in [2.45, 2.75) is 36.6 Å². The van der Waals surface area contributed by atoms with Gasteiger partial charge in [-0.2, -0.15) is 0 Å². The normalized spacial score (nSPS) is 50.1. The van der Waals surface area contributed by atoms with Gasteiger partial charge in [-0.15, -0.1) is 0 Å². The Morgan fingerprint density at radius 3 is 2.21 bits per heavy atom. The molecule has 80 valence electrons. The molecule has 0 aromatic carbocycles. The highest BCUT2D eigenvalue weighted by Gasteiger charge is 2.43. The van der Waals surface area contributed by atoms with Gasteiger partial charge >= 0.3 is 0 Å². The summed E-state index contributed by atoms with van der Waals surface area (Å²) in [5.74, 6) is 0. The van der Waals surface area contributed by atoms with Crippen LogP contribution in [0.25, 0.3) is 0 Å². The van der Waals surface area contributed by atoms with Crippen molar-refractivity contribution in [1.82, 2.24) is 0 Å². The van der Waals surface area contributed by atoms with E-state index in [1.54, 1.807) is 0 Å². The number of aliphatic hydroxyl groups is 4. The number of alkyl halides is 1. The second-order valence-electron chi connectivity index (χ2n) is 3.24. The van der Waals surface area contributed by atoms with Crippen molar-refractivity contribution in [1.29, 1.82) is 0 Å². The minimum Gasteiger partial charge on any atom is -0.394 e. The molecule has 0 aliphatic carbocycles. The molecule has 14 heavy (non-hydrogen) atoms. The van der Waals surface area contributed by atoms with Crippen molar-refractivity contribution in [2.24, 2.45) is 0 Å². The molecular formula is C7H12BFO5. The molecule has 0 saturated carbocycles. The van der Waals surface area contributed by atoms with E-state index in [0.29, 0.717) is 0 Å². The molecule has 0 bridgehead atoms. The maximum absolute atomic E-state index is 13.1. The highest BCUT2D eigenvalue weighted by Crippen LogP contribution is 2.21. The van der Waals surface area contributed by atoms with Crippen molar-refractivity contribution < 1.29 is 29.6 Å². The number of aliphatic hydroxyl groups excluding tert-OH is 4. The minimum atomic E-state index is -2.00. The largest absolute Gasteiger partial charge is 0.394 e. The van der Waals surface area contributed by atoms with Crippen LogP contribution in [0.4, 0.5) is 4.39 Å². The lowest BCUT2D eigenvalue weighted by molar-refractivity contribution is -0.110. The summed E-state index contributed by atoms with van der Waals surface area (Å²) in [7, 11) is 5.17. The first-order valence-corrected chi connectivity index (χ1v) is 4.19. The second-order valence-corrected chi connectivity index (χ2v) is 3.24. The van der Waals surface area contributed by atoms with E-state index < -0.39 is 43.2 Å². The Morgan fingerprint density at radius 2 is 1.71 bits per heavy atom. The summed E-state index contributed by atoms with van der Waals surface area (Å²) in [5.41, 5.74) is 0. The zero-order chi connectivity index (χ0) is 10.9. The van der Waals surface area contributed by atoms with Crippen LogP contribution < -0.4 is 0 Å². The zero-order valence-corrected chi connectivity index (χ0v) is 7.32. The molecular weight excluding hydrogens is 194 g/mol. The summed E-state index contributed by atoms with van der Waals surface area (Å²) in [5, 5.41) is 36.4. The molecule has 1 aliphatic rings. The Morgan fingerprint density at radius 1 is 1.14 bits per heavy atom. The number of halogens is 1. The van der Waals surface area contributed by atoms with Gasteiger partial charge in [-0.1, -0.05) is 0 Å². The van der Waals surface area contributed by atoms with Gasteiger partial charge < -0.3 is 25.2 Å². The van der Waals surface area contributed by atoms with Crippen LogP contribution in [0.3, 0.4) is 0 Å². The van der Waals surface area contributed by atoms with E-state index in [9.17, 15) is 14.6 Å². The number of hydrogen-bond acceptors (Lipinski definition) is 5. The predicted molar refractivity (Wildman–Crippen MR) is 44.4 cm³/mol. The van der Waals surface area contributed by atoms with Crippen LogP contribution in [0.15, 0.2) is 0 Å². The highest BCUT2D eigenvalue weighted by molar-refractivity contribution is 6.11. The molecule has 0 aromatic rings. The van der Waals surface area contributed by atoms with Crippen LogP contribution in [0.2, 0.25) is 0 Å². The summed E-state index contributed by atoms with van der Waals surface area (Å²) in [6.45, 7) is -0.620. The average molecular weight is 206 g/mol. The number of rotatable bonds is 1. The fourth-order valence-electron chi connectivity index (χ4n) is 1.31. The average Bonchev–Trinajstić information content (AvgIpc) is 2.25. The molecule has 0 aromatic heterocycles. The first kappa shape index (κ1) is 11.9. The molecule has 1 heterocycles. The Hall–Kier alpha value is -0.205. The zero-order valence-electron chi connectivity index (χ0n) is 7.32. The first-order valence-electron chi connectivity index (χ1n) is 4.19. The molecule has 5 nitrogen and oxygen atoms in total. The van der Waals surface area contributed by atoms with Crippen LogP contribution in [0, 0.1) is 0 Å². The molecule has 0 amide bonds. The van der Waals surface area contributed by atoms with Crippen molar-refractivity contribution in [3.63, 3.8) is 0 Å². The quantitative estimate of drug-likeness (QED) is 0.350. The van der Waals surface area contributed by atoms with E-state index >= 15 is 0 Å². The molecule has 1 unspecified atom stereocenters. The van der Waals surface area contributed by atoms with E-state index in [1.165, 1.54) is 0 Å². The topological polar surface area (TPSA) is 90.2 Å². The maximum Gasteiger partial charge on any atom is 0.146 e. The van der Waals surface area contributed by atoms with E-state index in [1.807, 2.05) is 0 Å². The van der Waals surface area contributed by atoms with Gasteiger partial charge in [-0.25, -0.2) is 4.39 Å². The van der Waals surface area contributed by atoms with Gasteiger partial charge in [-0.05, 0) is 0 Å². The van der Waals surface area contributed by atoms with Crippen LogP contribution in [-0.4, -0.2) is 71.5 Å². The first-order chi connectivity index (χ1) is 6.49. The van der Waals surface area contributed by atoms with Crippen molar-refractivity contribution in [2.75, 3.05) is 6.61 Å². The summed E-state index contributed by atoms with van der Waals surface area (Å²) in [4.78, 5) is 0. The van der Waals surface area contributed by atoms with Gasteiger partial charge in [0.25, 0.3) is 0 Å². The van der Waals surface area contributed by atoms with Gasteiger partial charge in [0, 0.05) is 0 Å². The molecule has 6 atom stereocenters. The fraction of sp³-hybridized carbons (Fsp3) is 1.00. The van der Waals surface area contributed by atoms with E-state index in [0.717, 1.165) is 0 Å². The molecule has 1 saturated heterocycles. The van der Waals surface area contributed by atoms with Gasteiger partial charge in [-0.3, -0.25) is 0 Å². The van der Waals surface area contributed by atoms with Gasteiger partial charge in [0.15, 0.2) is 0 Å². The summed E-state index contributed by atoms with van der Waals surface area (Å²) in [6.07, 6.45) is -8.32. The lowest BCUT2D eigenvalue weighted by Gasteiger charge is -2.23.